The Labute approximate surface area is 119 Å². The van der Waals surface area contributed by atoms with E-state index in [1.165, 1.54) is 6.07 Å². The Kier molecular flexibility index (Phi) is 3.76. The van der Waals surface area contributed by atoms with Gasteiger partial charge in [0.05, 0.1) is 10.7 Å². The van der Waals surface area contributed by atoms with E-state index in [2.05, 4.69) is 0 Å². The van der Waals surface area contributed by atoms with Gasteiger partial charge in [0.15, 0.2) is 5.75 Å². The molecule has 0 amide bonds. The fourth-order valence-corrected chi connectivity index (χ4v) is 1.92. The minimum absolute atomic E-state index is 0.0249. The Morgan fingerprint density at radius 1 is 1.00 bits per heavy atom. The molecule has 2 aromatic rings. The topological polar surface area (TPSA) is 55.5 Å². The van der Waals surface area contributed by atoms with E-state index in [4.69, 9.17) is 45.3 Å². The predicted octanol–water partition coefficient (Wildman–Crippen LogP) is 4.73. The average Bonchev–Trinajstić information content (AvgIpc) is 2.33. The molecule has 0 aliphatic rings. The number of nitrogen functional groups attached to an aromatic ring is 1. The van der Waals surface area contributed by atoms with Gasteiger partial charge in [-0.05, 0) is 30.3 Å². The summed E-state index contributed by atoms with van der Waals surface area (Å²) in [5.74, 6) is 0.416. The van der Waals surface area contributed by atoms with Gasteiger partial charge in [0.1, 0.15) is 16.5 Å². The summed E-state index contributed by atoms with van der Waals surface area (Å²) < 4.78 is 5.50. The maximum Gasteiger partial charge on any atom is 0.156 e. The van der Waals surface area contributed by atoms with Crippen LogP contribution in [0.25, 0.3) is 0 Å². The molecule has 2 aromatic carbocycles. The van der Waals surface area contributed by atoms with Crippen LogP contribution in [0.15, 0.2) is 30.3 Å². The normalized spacial score (nSPS) is 10.4. The number of rotatable bonds is 2. The molecule has 0 radical (unpaired) electrons. The molecule has 0 bridgehead atoms. The highest BCUT2D eigenvalue weighted by Crippen LogP contribution is 2.41. The Hall–Kier alpha value is -1.29. The lowest BCUT2D eigenvalue weighted by Crippen LogP contribution is -1.92. The lowest BCUT2D eigenvalue weighted by Gasteiger charge is -2.11. The zero-order valence-corrected chi connectivity index (χ0v) is 11.2. The van der Waals surface area contributed by atoms with Crippen molar-refractivity contribution in [1.29, 1.82) is 0 Å². The van der Waals surface area contributed by atoms with Crippen LogP contribution >= 0.6 is 34.8 Å². The van der Waals surface area contributed by atoms with Crippen molar-refractivity contribution in [2.24, 2.45) is 0 Å². The van der Waals surface area contributed by atoms with E-state index in [0.717, 1.165) is 0 Å². The zero-order valence-electron chi connectivity index (χ0n) is 8.95. The molecule has 94 valence electrons. The summed E-state index contributed by atoms with van der Waals surface area (Å²) in [6.45, 7) is 0. The van der Waals surface area contributed by atoms with Crippen LogP contribution in [0.5, 0.6) is 17.2 Å². The Balaban J connectivity index is 2.37. The van der Waals surface area contributed by atoms with E-state index in [1.54, 1.807) is 24.3 Å². The Morgan fingerprint density at radius 2 is 1.67 bits per heavy atom. The minimum atomic E-state index is -0.233. The second-order valence-electron chi connectivity index (χ2n) is 3.49. The Morgan fingerprint density at radius 3 is 2.33 bits per heavy atom. The molecule has 0 aromatic heterocycles. The number of phenols is 1. The molecule has 0 heterocycles. The first-order valence-electron chi connectivity index (χ1n) is 4.89. The molecular formula is C12H8Cl3NO2. The van der Waals surface area contributed by atoms with Gasteiger partial charge in [-0.15, -0.1) is 0 Å². The minimum Gasteiger partial charge on any atom is -0.505 e. The van der Waals surface area contributed by atoms with Crippen LogP contribution in [0.2, 0.25) is 15.1 Å². The van der Waals surface area contributed by atoms with Crippen LogP contribution in [0.4, 0.5) is 5.69 Å². The number of phenolic OH excluding ortho intramolecular Hbond substituents is 1. The van der Waals surface area contributed by atoms with Gasteiger partial charge in [-0.3, -0.25) is 0 Å². The van der Waals surface area contributed by atoms with Gasteiger partial charge in [0, 0.05) is 5.02 Å². The second-order valence-corrected chi connectivity index (χ2v) is 4.71. The average molecular weight is 305 g/mol. The maximum atomic E-state index is 9.58. The molecule has 6 heteroatoms. The molecule has 3 N–H and O–H groups in total. The number of ether oxygens (including phenoxy) is 1. The van der Waals surface area contributed by atoms with Crippen LogP contribution in [0, 0.1) is 0 Å². The smallest absolute Gasteiger partial charge is 0.156 e. The van der Waals surface area contributed by atoms with Crippen molar-refractivity contribution in [3.8, 4) is 17.2 Å². The fraction of sp³-hybridized carbons (Fsp3) is 0. The molecule has 0 fully saturated rings. The first-order valence-corrected chi connectivity index (χ1v) is 6.02. The molecule has 3 nitrogen and oxygen atoms in total. The zero-order chi connectivity index (χ0) is 13.3. The lowest BCUT2D eigenvalue weighted by atomic mass is 10.3. The second kappa shape index (κ2) is 5.14. The van der Waals surface area contributed by atoms with Crippen molar-refractivity contribution in [3.63, 3.8) is 0 Å². The molecule has 0 atom stereocenters. The summed E-state index contributed by atoms with van der Waals surface area (Å²) in [5.41, 5.74) is 6.11. The van der Waals surface area contributed by atoms with Gasteiger partial charge in [-0.2, -0.15) is 0 Å². The Bertz CT molecular complexity index is 602. The van der Waals surface area contributed by atoms with Gasteiger partial charge >= 0.3 is 0 Å². The monoisotopic (exact) mass is 303 g/mol. The van der Waals surface area contributed by atoms with E-state index < -0.39 is 0 Å². The summed E-state index contributed by atoms with van der Waals surface area (Å²) in [5, 5.41) is 10.3. The third-order valence-electron chi connectivity index (χ3n) is 2.22. The van der Waals surface area contributed by atoms with Gasteiger partial charge in [0.2, 0.25) is 0 Å². The summed E-state index contributed by atoms with van der Waals surface area (Å²) >= 11 is 17.4. The number of hydrogen-bond donors (Lipinski definition) is 2. The third kappa shape index (κ3) is 2.58. The van der Waals surface area contributed by atoms with Crippen molar-refractivity contribution < 1.29 is 9.84 Å². The first-order chi connectivity index (χ1) is 8.49. The number of halogens is 3. The maximum absolute atomic E-state index is 9.58. The third-order valence-corrected chi connectivity index (χ3v) is 3.13. The van der Waals surface area contributed by atoms with Gasteiger partial charge in [-0.25, -0.2) is 0 Å². The summed E-state index contributed by atoms with van der Waals surface area (Å²) in [6.07, 6.45) is 0. The van der Waals surface area contributed by atoms with Crippen LogP contribution in [-0.4, -0.2) is 5.11 Å². The standard InChI is InChI=1S/C12H8Cl3NO2/c13-6-1-3-9(8(16)5-6)18-10-4-2-7(14)12(17)11(10)15/h1-5,17H,16H2. The fourth-order valence-electron chi connectivity index (χ4n) is 1.33. The quantitative estimate of drug-likeness (QED) is 0.789. The molecule has 0 aliphatic heterocycles. The van der Waals surface area contributed by atoms with Crippen molar-refractivity contribution in [2.75, 3.05) is 5.73 Å². The van der Waals surface area contributed by atoms with E-state index in [1.807, 2.05) is 0 Å². The van der Waals surface area contributed by atoms with Crippen LogP contribution in [0.3, 0.4) is 0 Å². The number of anilines is 1. The summed E-state index contributed by atoms with van der Waals surface area (Å²) in [6, 6.07) is 7.82. The number of nitrogens with two attached hydrogens (primary N) is 1. The van der Waals surface area contributed by atoms with Crippen molar-refractivity contribution >= 4 is 40.5 Å². The summed E-state index contributed by atoms with van der Waals surface area (Å²) in [4.78, 5) is 0. The highest BCUT2D eigenvalue weighted by molar-refractivity contribution is 6.38. The first kappa shape index (κ1) is 13.1. The van der Waals surface area contributed by atoms with Crippen molar-refractivity contribution in [2.45, 2.75) is 0 Å². The largest absolute Gasteiger partial charge is 0.505 e. The van der Waals surface area contributed by atoms with Crippen molar-refractivity contribution in [1.82, 2.24) is 0 Å². The van der Waals surface area contributed by atoms with E-state index in [-0.39, 0.29) is 21.5 Å². The summed E-state index contributed by atoms with van der Waals surface area (Å²) in [7, 11) is 0. The molecule has 18 heavy (non-hydrogen) atoms. The molecule has 0 aliphatic carbocycles. The molecule has 0 unspecified atom stereocenters. The SMILES string of the molecule is Nc1cc(Cl)ccc1Oc1ccc(Cl)c(O)c1Cl. The predicted molar refractivity (Wildman–Crippen MR) is 74.1 cm³/mol. The van der Waals surface area contributed by atoms with Gasteiger partial charge < -0.3 is 15.6 Å². The lowest BCUT2D eigenvalue weighted by molar-refractivity contribution is 0.457. The highest BCUT2D eigenvalue weighted by Gasteiger charge is 2.12. The van der Waals surface area contributed by atoms with E-state index in [0.29, 0.717) is 16.5 Å². The molecule has 0 spiro atoms. The van der Waals surface area contributed by atoms with Crippen LogP contribution in [-0.2, 0) is 0 Å². The van der Waals surface area contributed by atoms with Crippen molar-refractivity contribution in [3.05, 3.63) is 45.4 Å². The number of aromatic hydroxyl groups is 1. The number of hydrogen-bond acceptors (Lipinski definition) is 3. The molecule has 2 rings (SSSR count). The van der Waals surface area contributed by atoms with Gasteiger partial charge in [-0.1, -0.05) is 34.8 Å². The highest BCUT2D eigenvalue weighted by atomic mass is 35.5. The molecule has 0 saturated carbocycles. The molecule has 0 saturated heterocycles. The van der Waals surface area contributed by atoms with E-state index >= 15 is 0 Å². The van der Waals surface area contributed by atoms with Crippen LogP contribution in [0.1, 0.15) is 0 Å². The number of benzene rings is 2. The van der Waals surface area contributed by atoms with E-state index in [9.17, 15) is 5.11 Å². The molecular weight excluding hydrogens is 296 g/mol. The van der Waals surface area contributed by atoms with Gasteiger partial charge in [0.25, 0.3) is 0 Å². The van der Waals surface area contributed by atoms with Crippen LogP contribution < -0.4 is 10.5 Å².